The first-order chi connectivity index (χ1) is 9.06. The molecular weight excluding hydrogens is 261 g/mol. The summed E-state index contributed by atoms with van der Waals surface area (Å²) >= 11 is 4.00. The van der Waals surface area contributed by atoms with Gasteiger partial charge in [0, 0.05) is 16.5 Å². The smallest absolute Gasteiger partial charge is 0.251 e. The average Bonchev–Trinajstić information content (AvgIpc) is 2.58. The summed E-state index contributed by atoms with van der Waals surface area (Å²) < 4.78 is 13.1. The molecule has 0 spiro atoms. The van der Waals surface area contributed by atoms with E-state index >= 15 is 0 Å². The molecule has 0 radical (unpaired) electrons. The molecule has 1 saturated carbocycles. The van der Waals surface area contributed by atoms with Crippen LogP contribution in [-0.2, 0) is 0 Å². The Bertz CT molecular complexity index is 463. The second-order valence-corrected chi connectivity index (χ2v) is 5.93. The number of halogens is 1. The summed E-state index contributed by atoms with van der Waals surface area (Å²) in [5, 5.41) is 3.05. The van der Waals surface area contributed by atoms with Crippen LogP contribution in [0.15, 0.2) is 23.1 Å². The second-order valence-electron chi connectivity index (χ2n) is 5.45. The molecule has 0 aromatic heterocycles. The first-order valence-electron chi connectivity index (χ1n) is 6.85. The van der Waals surface area contributed by atoms with Crippen molar-refractivity contribution < 1.29 is 9.18 Å². The molecule has 1 aliphatic rings. The highest BCUT2D eigenvalue weighted by atomic mass is 32.1. The standard InChI is InChI=1S/C15H20FNOS/c1-10-3-2-4-12(7-5-10)17-15(18)11-6-8-13(16)14(19)9-11/h6,8-10,12,19H,2-5,7H2,1H3,(H,17,18). The first-order valence-corrected chi connectivity index (χ1v) is 7.30. The third-order valence-electron chi connectivity index (χ3n) is 3.80. The van der Waals surface area contributed by atoms with Crippen molar-refractivity contribution in [2.24, 2.45) is 5.92 Å². The number of thiol groups is 1. The van der Waals surface area contributed by atoms with Gasteiger partial charge in [-0.15, -0.1) is 12.6 Å². The van der Waals surface area contributed by atoms with Crippen molar-refractivity contribution >= 4 is 18.5 Å². The fraction of sp³-hybridized carbons (Fsp3) is 0.533. The lowest BCUT2D eigenvalue weighted by molar-refractivity contribution is 0.0933. The summed E-state index contributed by atoms with van der Waals surface area (Å²) in [6.45, 7) is 2.26. The molecule has 1 aliphatic carbocycles. The summed E-state index contributed by atoms with van der Waals surface area (Å²) in [5.41, 5.74) is 0.476. The van der Waals surface area contributed by atoms with E-state index in [1.54, 1.807) is 0 Å². The van der Waals surface area contributed by atoms with Crippen LogP contribution < -0.4 is 5.32 Å². The average molecular weight is 281 g/mol. The topological polar surface area (TPSA) is 29.1 Å². The lowest BCUT2D eigenvalue weighted by Crippen LogP contribution is -2.34. The van der Waals surface area contributed by atoms with Gasteiger partial charge >= 0.3 is 0 Å². The van der Waals surface area contributed by atoms with Gasteiger partial charge in [0.15, 0.2) is 0 Å². The third-order valence-corrected chi connectivity index (χ3v) is 4.14. The zero-order valence-corrected chi connectivity index (χ0v) is 12.1. The van der Waals surface area contributed by atoms with E-state index in [1.807, 2.05) is 0 Å². The van der Waals surface area contributed by atoms with Crippen LogP contribution in [-0.4, -0.2) is 11.9 Å². The molecule has 1 N–H and O–H groups in total. The Balaban J connectivity index is 1.98. The fourth-order valence-corrected chi connectivity index (χ4v) is 2.77. The van der Waals surface area contributed by atoms with E-state index < -0.39 is 5.82 Å². The highest BCUT2D eigenvalue weighted by Gasteiger charge is 2.18. The van der Waals surface area contributed by atoms with Crippen molar-refractivity contribution in [3.8, 4) is 0 Å². The first kappa shape index (κ1) is 14.4. The van der Waals surface area contributed by atoms with Crippen LogP contribution in [0.5, 0.6) is 0 Å². The summed E-state index contributed by atoms with van der Waals surface area (Å²) in [6.07, 6.45) is 5.62. The molecule has 2 nitrogen and oxygen atoms in total. The van der Waals surface area contributed by atoms with Gasteiger partial charge in [0.05, 0.1) is 0 Å². The number of rotatable bonds is 2. The molecule has 2 atom stereocenters. The SMILES string of the molecule is CC1CCCC(NC(=O)c2ccc(F)c(S)c2)CC1. The van der Waals surface area contributed by atoms with Gasteiger partial charge < -0.3 is 5.32 Å². The maximum Gasteiger partial charge on any atom is 0.251 e. The molecule has 0 heterocycles. The van der Waals surface area contributed by atoms with Crippen molar-refractivity contribution in [1.82, 2.24) is 5.32 Å². The van der Waals surface area contributed by atoms with E-state index in [0.717, 1.165) is 31.6 Å². The van der Waals surface area contributed by atoms with Gasteiger partial charge in [-0.3, -0.25) is 4.79 Å². The molecular formula is C15H20FNOS. The molecule has 19 heavy (non-hydrogen) atoms. The number of hydrogen-bond acceptors (Lipinski definition) is 2. The van der Waals surface area contributed by atoms with Gasteiger partial charge in [-0.25, -0.2) is 4.39 Å². The number of carbonyl (C=O) groups excluding carboxylic acids is 1. The van der Waals surface area contributed by atoms with Crippen molar-refractivity contribution in [2.75, 3.05) is 0 Å². The lowest BCUT2D eigenvalue weighted by atomic mass is 10.0. The minimum absolute atomic E-state index is 0.130. The van der Waals surface area contributed by atoms with E-state index in [9.17, 15) is 9.18 Å². The highest BCUT2D eigenvalue weighted by Crippen LogP contribution is 2.23. The zero-order valence-electron chi connectivity index (χ0n) is 11.2. The number of benzene rings is 1. The Morgan fingerprint density at radius 2 is 2.11 bits per heavy atom. The molecule has 4 heteroatoms. The number of carbonyl (C=O) groups is 1. The Morgan fingerprint density at radius 1 is 1.32 bits per heavy atom. The van der Waals surface area contributed by atoms with Crippen LogP contribution in [0.3, 0.4) is 0 Å². The molecule has 104 valence electrons. The summed E-state index contributed by atoms with van der Waals surface area (Å²) in [5.74, 6) is 0.217. The molecule has 2 unspecified atom stereocenters. The van der Waals surface area contributed by atoms with Crippen LogP contribution in [0.4, 0.5) is 4.39 Å². The quantitative estimate of drug-likeness (QED) is 0.626. The normalized spacial score (nSPS) is 23.7. The lowest BCUT2D eigenvalue weighted by Gasteiger charge is -2.16. The predicted molar refractivity (Wildman–Crippen MR) is 77.2 cm³/mol. The molecule has 0 bridgehead atoms. The van der Waals surface area contributed by atoms with Crippen molar-refractivity contribution in [2.45, 2.75) is 50.0 Å². The van der Waals surface area contributed by atoms with Gasteiger partial charge in [-0.2, -0.15) is 0 Å². The highest BCUT2D eigenvalue weighted by molar-refractivity contribution is 7.80. The van der Waals surface area contributed by atoms with E-state index in [1.165, 1.54) is 24.6 Å². The maximum absolute atomic E-state index is 13.1. The number of amides is 1. The van der Waals surface area contributed by atoms with E-state index in [0.29, 0.717) is 5.56 Å². The van der Waals surface area contributed by atoms with Gasteiger partial charge in [-0.1, -0.05) is 19.8 Å². The van der Waals surface area contributed by atoms with Crippen molar-refractivity contribution in [3.63, 3.8) is 0 Å². The molecule has 2 rings (SSSR count). The third kappa shape index (κ3) is 3.96. The van der Waals surface area contributed by atoms with Crippen LogP contribution >= 0.6 is 12.6 Å². The van der Waals surface area contributed by atoms with E-state index in [-0.39, 0.29) is 16.8 Å². The number of nitrogens with one attached hydrogen (secondary N) is 1. The van der Waals surface area contributed by atoms with Crippen LogP contribution in [0.2, 0.25) is 0 Å². The molecule has 1 amide bonds. The Morgan fingerprint density at radius 3 is 2.84 bits per heavy atom. The largest absolute Gasteiger partial charge is 0.349 e. The minimum atomic E-state index is -0.400. The van der Waals surface area contributed by atoms with Crippen LogP contribution in [0.25, 0.3) is 0 Å². The van der Waals surface area contributed by atoms with Crippen LogP contribution in [0, 0.1) is 11.7 Å². The van der Waals surface area contributed by atoms with E-state index in [2.05, 4.69) is 24.9 Å². The maximum atomic E-state index is 13.1. The van der Waals surface area contributed by atoms with Gasteiger partial charge in [0.25, 0.3) is 5.91 Å². The van der Waals surface area contributed by atoms with Gasteiger partial charge in [-0.05, 0) is 43.4 Å². The second kappa shape index (κ2) is 6.42. The van der Waals surface area contributed by atoms with Crippen molar-refractivity contribution in [3.05, 3.63) is 29.6 Å². The monoisotopic (exact) mass is 281 g/mol. The molecule has 1 fully saturated rings. The van der Waals surface area contributed by atoms with Gasteiger partial charge in [0.1, 0.15) is 5.82 Å². The Kier molecular flexibility index (Phi) is 4.86. The molecule has 1 aromatic carbocycles. The fourth-order valence-electron chi connectivity index (χ4n) is 2.55. The van der Waals surface area contributed by atoms with E-state index in [4.69, 9.17) is 0 Å². The summed E-state index contributed by atoms with van der Waals surface area (Å²) in [6, 6.07) is 4.51. The molecule has 0 saturated heterocycles. The van der Waals surface area contributed by atoms with Crippen molar-refractivity contribution in [1.29, 1.82) is 0 Å². The summed E-state index contributed by atoms with van der Waals surface area (Å²) in [7, 11) is 0. The number of hydrogen-bond donors (Lipinski definition) is 2. The van der Waals surface area contributed by atoms with Crippen LogP contribution in [0.1, 0.15) is 49.4 Å². The van der Waals surface area contributed by atoms with Gasteiger partial charge in [0.2, 0.25) is 0 Å². The summed E-state index contributed by atoms with van der Waals surface area (Å²) in [4.78, 5) is 12.3. The predicted octanol–water partition coefficient (Wildman–Crippen LogP) is 3.81. The minimum Gasteiger partial charge on any atom is -0.349 e. The zero-order chi connectivity index (χ0) is 13.8. The Labute approximate surface area is 119 Å². The molecule has 0 aliphatic heterocycles. The Hall–Kier alpha value is -1.03. The molecule has 1 aromatic rings.